The number of hydrogen-bond donors (Lipinski definition) is 1. The van der Waals surface area contributed by atoms with Crippen LogP contribution in [-0.2, 0) is 16.1 Å². The molecule has 5 nitrogen and oxygen atoms in total. The minimum Gasteiger partial charge on any atom is -0.465 e. The summed E-state index contributed by atoms with van der Waals surface area (Å²) >= 11 is 0. The maximum atomic E-state index is 11.1. The monoisotopic (exact) mass is 208 g/mol. The van der Waals surface area contributed by atoms with Crippen molar-refractivity contribution >= 4 is 11.8 Å². The molecule has 0 unspecified atom stereocenters. The van der Waals surface area contributed by atoms with Crippen LogP contribution >= 0.6 is 0 Å². The Bertz CT molecular complexity index is 381. The van der Waals surface area contributed by atoms with E-state index in [1.165, 1.54) is 0 Å². The Morgan fingerprint density at radius 3 is 2.53 bits per heavy atom. The lowest BCUT2D eigenvalue weighted by Crippen LogP contribution is -2.50. The summed E-state index contributed by atoms with van der Waals surface area (Å²) in [7, 11) is 0. The lowest BCUT2D eigenvalue weighted by Gasteiger charge is -2.23. The summed E-state index contributed by atoms with van der Waals surface area (Å²) in [5.41, 5.74) is 0. The van der Waals surface area contributed by atoms with E-state index in [4.69, 9.17) is 4.42 Å². The minimum absolute atomic E-state index is 0.242. The van der Waals surface area contributed by atoms with Gasteiger partial charge < -0.3 is 4.42 Å². The molecule has 0 aromatic carbocycles. The molecule has 1 aromatic heterocycles. The number of imide groups is 1. The summed E-state index contributed by atoms with van der Waals surface area (Å²) in [6, 6.07) is 3.72. The Balaban J connectivity index is 2.00. The summed E-state index contributed by atoms with van der Waals surface area (Å²) < 4.78 is 5.37. The molecule has 0 aliphatic carbocycles. The van der Waals surface area contributed by atoms with Crippen molar-refractivity contribution in [1.82, 2.24) is 10.2 Å². The molecule has 0 radical (unpaired) electrons. The minimum atomic E-state index is -0.255. The molecule has 0 spiro atoms. The Kier molecular flexibility index (Phi) is 2.55. The van der Waals surface area contributed by atoms with E-state index in [-0.39, 0.29) is 24.9 Å². The van der Waals surface area contributed by atoms with Crippen LogP contribution in [-0.4, -0.2) is 29.8 Å². The summed E-state index contributed by atoms with van der Waals surface area (Å²) in [5.74, 6) is 1.09. The fourth-order valence-electron chi connectivity index (χ4n) is 1.60. The second-order valence-corrected chi connectivity index (χ2v) is 3.63. The number of carbonyl (C=O) groups excluding carboxylic acids is 2. The summed E-state index contributed by atoms with van der Waals surface area (Å²) in [4.78, 5) is 23.9. The number of rotatable bonds is 2. The molecule has 1 aliphatic heterocycles. The maximum Gasteiger partial charge on any atom is 0.240 e. The molecule has 2 heterocycles. The normalized spacial score (nSPS) is 17.9. The van der Waals surface area contributed by atoms with E-state index < -0.39 is 0 Å². The van der Waals surface area contributed by atoms with Crippen LogP contribution in [0.1, 0.15) is 11.5 Å². The molecule has 2 amide bonds. The standard InChI is InChI=1S/C10H12N2O3/c1-7-2-3-8(15-7)4-12-5-9(13)11-10(14)6-12/h2-3H,4-6H2,1H3,(H,11,13,14). The van der Waals surface area contributed by atoms with E-state index >= 15 is 0 Å². The van der Waals surface area contributed by atoms with Gasteiger partial charge in [-0.25, -0.2) is 0 Å². The zero-order valence-electron chi connectivity index (χ0n) is 8.45. The number of nitrogens with one attached hydrogen (secondary N) is 1. The highest BCUT2D eigenvalue weighted by atomic mass is 16.3. The zero-order chi connectivity index (χ0) is 10.8. The van der Waals surface area contributed by atoms with Gasteiger partial charge in [-0.1, -0.05) is 0 Å². The average molecular weight is 208 g/mol. The average Bonchev–Trinajstić information content (AvgIpc) is 2.49. The first-order chi connectivity index (χ1) is 7.13. The predicted molar refractivity (Wildman–Crippen MR) is 51.9 cm³/mol. The quantitative estimate of drug-likeness (QED) is 0.697. The lowest BCUT2D eigenvalue weighted by molar-refractivity contribution is -0.136. The van der Waals surface area contributed by atoms with Gasteiger partial charge in [0.25, 0.3) is 0 Å². The number of nitrogens with zero attached hydrogens (tertiary/aromatic N) is 1. The van der Waals surface area contributed by atoms with Gasteiger partial charge in [-0.2, -0.15) is 0 Å². The van der Waals surface area contributed by atoms with Crippen molar-refractivity contribution in [2.24, 2.45) is 0 Å². The number of furan rings is 1. The second-order valence-electron chi connectivity index (χ2n) is 3.63. The van der Waals surface area contributed by atoms with Crippen molar-refractivity contribution in [3.8, 4) is 0 Å². The molecular weight excluding hydrogens is 196 g/mol. The second kappa shape index (κ2) is 3.86. The van der Waals surface area contributed by atoms with Crippen LogP contribution in [0.25, 0.3) is 0 Å². The molecule has 2 rings (SSSR count). The zero-order valence-corrected chi connectivity index (χ0v) is 8.45. The SMILES string of the molecule is Cc1ccc(CN2CC(=O)NC(=O)C2)o1. The van der Waals surface area contributed by atoms with Gasteiger partial charge in [-0.15, -0.1) is 0 Å². The Hall–Kier alpha value is -1.62. The molecule has 0 atom stereocenters. The van der Waals surface area contributed by atoms with Crippen molar-refractivity contribution in [3.63, 3.8) is 0 Å². The van der Waals surface area contributed by atoms with E-state index in [1.54, 1.807) is 4.90 Å². The number of piperazine rings is 1. The maximum absolute atomic E-state index is 11.1. The third-order valence-corrected chi connectivity index (χ3v) is 2.19. The molecular formula is C10H12N2O3. The molecule has 1 aliphatic rings. The molecule has 5 heteroatoms. The molecule has 80 valence electrons. The van der Waals surface area contributed by atoms with Crippen LogP contribution in [0.4, 0.5) is 0 Å². The fraction of sp³-hybridized carbons (Fsp3) is 0.400. The first-order valence-corrected chi connectivity index (χ1v) is 4.74. The molecule has 0 saturated carbocycles. The first kappa shape index (κ1) is 9.92. The summed E-state index contributed by atoms with van der Waals surface area (Å²) in [5, 5.41) is 2.25. The van der Waals surface area contributed by atoms with Crippen molar-refractivity contribution < 1.29 is 14.0 Å². The van der Waals surface area contributed by atoms with Gasteiger partial charge in [0, 0.05) is 0 Å². The summed E-state index contributed by atoms with van der Waals surface area (Å²) in [6.07, 6.45) is 0. The van der Waals surface area contributed by atoms with Gasteiger partial charge in [0.2, 0.25) is 11.8 Å². The number of aryl methyl sites for hydroxylation is 1. The molecule has 1 N–H and O–H groups in total. The highest BCUT2D eigenvalue weighted by Crippen LogP contribution is 2.10. The van der Waals surface area contributed by atoms with Crippen molar-refractivity contribution in [3.05, 3.63) is 23.7 Å². The molecule has 15 heavy (non-hydrogen) atoms. The Morgan fingerprint density at radius 2 is 2.00 bits per heavy atom. The predicted octanol–water partition coefficient (Wildman–Crippen LogP) is 0.0464. The third kappa shape index (κ3) is 2.44. The first-order valence-electron chi connectivity index (χ1n) is 4.74. The van der Waals surface area contributed by atoms with Gasteiger partial charge in [-0.05, 0) is 19.1 Å². The van der Waals surface area contributed by atoms with Crippen LogP contribution in [0, 0.1) is 6.92 Å². The van der Waals surface area contributed by atoms with Crippen LogP contribution in [0.2, 0.25) is 0 Å². The van der Waals surface area contributed by atoms with Crippen molar-refractivity contribution in [2.45, 2.75) is 13.5 Å². The topological polar surface area (TPSA) is 62.6 Å². The molecule has 1 fully saturated rings. The van der Waals surface area contributed by atoms with Crippen LogP contribution < -0.4 is 5.32 Å². The molecule has 0 bridgehead atoms. The van der Waals surface area contributed by atoms with E-state index in [1.807, 2.05) is 19.1 Å². The smallest absolute Gasteiger partial charge is 0.240 e. The number of hydrogen-bond acceptors (Lipinski definition) is 4. The molecule has 1 saturated heterocycles. The van der Waals surface area contributed by atoms with E-state index in [0.717, 1.165) is 11.5 Å². The largest absolute Gasteiger partial charge is 0.465 e. The fourth-order valence-corrected chi connectivity index (χ4v) is 1.60. The number of amides is 2. The van der Waals surface area contributed by atoms with Gasteiger partial charge >= 0.3 is 0 Å². The highest BCUT2D eigenvalue weighted by Gasteiger charge is 2.22. The number of carbonyl (C=O) groups is 2. The van der Waals surface area contributed by atoms with Crippen LogP contribution in [0.5, 0.6) is 0 Å². The van der Waals surface area contributed by atoms with Crippen molar-refractivity contribution in [2.75, 3.05) is 13.1 Å². The van der Waals surface area contributed by atoms with Gasteiger partial charge in [-0.3, -0.25) is 19.8 Å². The van der Waals surface area contributed by atoms with Gasteiger partial charge in [0.05, 0.1) is 19.6 Å². The van der Waals surface area contributed by atoms with Crippen molar-refractivity contribution in [1.29, 1.82) is 0 Å². The van der Waals surface area contributed by atoms with E-state index in [9.17, 15) is 9.59 Å². The van der Waals surface area contributed by atoms with Crippen LogP contribution in [0.3, 0.4) is 0 Å². The Morgan fingerprint density at radius 1 is 1.33 bits per heavy atom. The van der Waals surface area contributed by atoms with E-state index in [0.29, 0.717) is 6.54 Å². The highest BCUT2D eigenvalue weighted by molar-refractivity contribution is 5.99. The Labute approximate surface area is 87.0 Å². The van der Waals surface area contributed by atoms with Gasteiger partial charge in [0.15, 0.2) is 0 Å². The van der Waals surface area contributed by atoms with Crippen LogP contribution in [0.15, 0.2) is 16.5 Å². The summed E-state index contributed by atoms with van der Waals surface area (Å²) in [6.45, 7) is 2.83. The lowest BCUT2D eigenvalue weighted by atomic mass is 10.3. The van der Waals surface area contributed by atoms with E-state index in [2.05, 4.69) is 5.32 Å². The van der Waals surface area contributed by atoms with Gasteiger partial charge in [0.1, 0.15) is 11.5 Å². The molecule has 1 aromatic rings. The third-order valence-electron chi connectivity index (χ3n) is 2.19.